The van der Waals surface area contributed by atoms with Gasteiger partial charge in [-0.15, -0.1) is 0 Å². The summed E-state index contributed by atoms with van der Waals surface area (Å²) >= 11 is 0. The Balaban J connectivity index is 1.73. The smallest absolute Gasteiger partial charge is 0.123 e. The second kappa shape index (κ2) is 4.45. The van der Waals surface area contributed by atoms with Crippen LogP contribution in [0.25, 0.3) is 0 Å². The van der Waals surface area contributed by atoms with E-state index in [-0.39, 0.29) is 17.3 Å². The van der Waals surface area contributed by atoms with Gasteiger partial charge in [-0.05, 0) is 54.2 Å². The van der Waals surface area contributed by atoms with E-state index in [1.807, 2.05) is 0 Å². The van der Waals surface area contributed by atoms with Crippen LogP contribution in [-0.4, -0.2) is 6.10 Å². The number of nitrogen functional groups attached to an aromatic ring is 1. The van der Waals surface area contributed by atoms with E-state index in [9.17, 15) is 4.39 Å². The predicted octanol–water partition coefficient (Wildman–Crippen LogP) is 4.14. The average Bonchev–Trinajstić information content (AvgIpc) is 2.72. The molecule has 3 unspecified atom stereocenters. The van der Waals surface area contributed by atoms with Crippen LogP contribution in [-0.2, 0) is 11.3 Å². The molecule has 0 amide bonds. The number of fused-ring (bicyclic) bond motifs is 2. The van der Waals surface area contributed by atoms with Gasteiger partial charge in [-0.2, -0.15) is 0 Å². The molecule has 2 N–H and O–H groups in total. The molecule has 2 fully saturated rings. The highest BCUT2D eigenvalue weighted by atomic mass is 19.1. The fraction of sp³-hybridized carbons (Fsp3) is 0.647. The van der Waals surface area contributed by atoms with Crippen LogP contribution in [0, 0.1) is 22.6 Å². The summed E-state index contributed by atoms with van der Waals surface area (Å²) in [5.74, 6) is 0.500. The Bertz CT molecular complexity index is 528. The zero-order valence-corrected chi connectivity index (χ0v) is 12.6. The first-order valence-corrected chi connectivity index (χ1v) is 7.50. The molecule has 0 radical (unpaired) electrons. The van der Waals surface area contributed by atoms with Gasteiger partial charge in [-0.1, -0.05) is 20.8 Å². The maximum atomic E-state index is 13.3. The third kappa shape index (κ3) is 1.86. The lowest BCUT2D eigenvalue weighted by molar-refractivity contribution is -0.0549. The third-order valence-electron chi connectivity index (χ3n) is 6.26. The topological polar surface area (TPSA) is 35.2 Å². The summed E-state index contributed by atoms with van der Waals surface area (Å²) in [6.45, 7) is 7.49. The molecular weight excluding hydrogens is 253 g/mol. The molecule has 2 aliphatic carbocycles. The maximum absolute atomic E-state index is 13.3. The standard InChI is InChI=1S/C17H24FNO/c1-16(2)12-6-7-17(16,3)15(9-12)20-10-11-8-13(18)4-5-14(11)19/h4-5,8,12,15H,6-7,9-10,19H2,1-3H3. The van der Waals surface area contributed by atoms with Gasteiger partial charge >= 0.3 is 0 Å². The quantitative estimate of drug-likeness (QED) is 0.843. The zero-order chi connectivity index (χ0) is 14.5. The molecular formula is C17H24FNO. The van der Waals surface area contributed by atoms with Crippen LogP contribution in [0.1, 0.15) is 45.6 Å². The van der Waals surface area contributed by atoms with E-state index in [1.165, 1.54) is 25.0 Å². The van der Waals surface area contributed by atoms with E-state index in [4.69, 9.17) is 10.5 Å². The summed E-state index contributed by atoms with van der Waals surface area (Å²) in [5.41, 5.74) is 7.83. The molecule has 1 aromatic rings. The number of hydrogen-bond donors (Lipinski definition) is 1. The first-order valence-electron chi connectivity index (χ1n) is 7.50. The Hall–Kier alpha value is -1.09. The minimum Gasteiger partial charge on any atom is -0.398 e. The van der Waals surface area contributed by atoms with Crippen molar-refractivity contribution >= 4 is 5.69 Å². The van der Waals surface area contributed by atoms with Crippen LogP contribution in [0.3, 0.4) is 0 Å². The van der Waals surface area contributed by atoms with Crippen molar-refractivity contribution in [2.45, 2.75) is 52.7 Å². The van der Waals surface area contributed by atoms with Crippen LogP contribution >= 0.6 is 0 Å². The number of nitrogens with two attached hydrogens (primary N) is 1. The van der Waals surface area contributed by atoms with Crippen molar-refractivity contribution in [2.24, 2.45) is 16.7 Å². The molecule has 1 aromatic carbocycles. The minimum atomic E-state index is -0.253. The number of anilines is 1. The average molecular weight is 277 g/mol. The monoisotopic (exact) mass is 277 g/mol. The van der Waals surface area contributed by atoms with Crippen molar-refractivity contribution in [1.29, 1.82) is 0 Å². The molecule has 0 aromatic heterocycles. The largest absolute Gasteiger partial charge is 0.398 e. The van der Waals surface area contributed by atoms with Crippen LogP contribution in [0.2, 0.25) is 0 Å². The SMILES string of the molecule is CC1(C)C2CCC1(C)C(OCc1cc(F)ccc1N)C2. The molecule has 20 heavy (non-hydrogen) atoms. The van der Waals surface area contributed by atoms with Gasteiger partial charge in [0, 0.05) is 11.3 Å². The van der Waals surface area contributed by atoms with Crippen molar-refractivity contribution in [3.05, 3.63) is 29.6 Å². The predicted molar refractivity (Wildman–Crippen MR) is 78.6 cm³/mol. The lowest BCUT2D eigenvalue weighted by atomic mass is 9.70. The maximum Gasteiger partial charge on any atom is 0.123 e. The van der Waals surface area contributed by atoms with Gasteiger partial charge in [0.05, 0.1) is 12.7 Å². The van der Waals surface area contributed by atoms with Crippen molar-refractivity contribution < 1.29 is 9.13 Å². The molecule has 3 heteroatoms. The van der Waals surface area contributed by atoms with Crippen molar-refractivity contribution in [3.63, 3.8) is 0 Å². The summed E-state index contributed by atoms with van der Waals surface area (Å²) in [7, 11) is 0. The Kier molecular flexibility index (Phi) is 3.09. The summed E-state index contributed by atoms with van der Waals surface area (Å²) in [4.78, 5) is 0. The highest BCUT2D eigenvalue weighted by Gasteiger charge is 2.61. The molecule has 3 rings (SSSR count). The second-order valence-corrected chi connectivity index (χ2v) is 7.25. The normalized spacial score (nSPS) is 34.6. The molecule has 0 spiro atoms. The lowest BCUT2D eigenvalue weighted by Crippen LogP contribution is -2.37. The highest BCUT2D eigenvalue weighted by molar-refractivity contribution is 5.46. The Morgan fingerprint density at radius 2 is 2.10 bits per heavy atom. The van der Waals surface area contributed by atoms with E-state index < -0.39 is 0 Å². The lowest BCUT2D eigenvalue weighted by Gasteiger charge is -2.39. The summed E-state index contributed by atoms with van der Waals surface area (Å²) in [6, 6.07) is 4.48. The van der Waals surface area contributed by atoms with Crippen molar-refractivity contribution in [2.75, 3.05) is 5.73 Å². The van der Waals surface area contributed by atoms with Crippen LogP contribution < -0.4 is 5.73 Å². The number of rotatable bonds is 3. The number of halogens is 1. The van der Waals surface area contributed by atoms with Crippen LogP contribution in [0.4, 0.5) is 10.1 Å². The molecule has 2 nitrogen and oxygen atoms in total. The fourth-order valence-electron chi connectivity index (χ4n) is 4.27. The van der Waals surface area contributed by atoms with Gasteiger partial charge in [-0.3, -0.25) is 0 Å². The molecule has 3 atom stereocenters. The van der Waals surface area contributed by atoms with E-state index in [0.29, 0.717) is 17.7 Å². The Morgan fingerprint density at radius 1 is 1.35 bits per heavy atom. The highest BCUT2D eigenvalue weighted by Crippen LogP contribution is 2.66. The Morgan fingerprint density at radius 3 is 2.70 bits per heavy atom. The van der Waals surface area contributed by atoms with Gasteiger partial charge in [0.15, 0.2) is 0 Å². The summed E-state index contributed by atoms with van der Waals surface area (Å²) < 4.78 is 19.4. The fourth-order valence-corrected chi connectivity index (χ4v) is 4.27. The van der Waals surface area contributed by atoms with Crippen LogP contribution in [0.15, 0.2) is 18.2 Å². The van der Waals surface area contributed by atoms with E-state index in [2.05, 4.69) is 20.8 Å². The molecule has 2 saturated carbocycles. The summed E-state index contributed by atoms with van der Waals surface area (Å²) in [5, 5.41) is 0. The molecule has 110 valence electrons. The molecule has 2 aliphatic rings. The van der Waals surface area contributed by atoms with Gasteiger partial charge < -0.3 is 10.5 Å². The number of benzene rings is 1. The summed E-state index contributed by atoms with van der Waals surface area (Å²) in [6.07, 6.45) is 3.93. The van der Waals surface area contributed by atoms with Crippen molar-refractivity contribution in [1.82, 2.24) is 0 Å². The number of hydrogen-bond acceptors (Lipinski definition) is 2. The second-order valence-electron chi connectivity index (χ2n) is 7.25. The van der Waals surface area contributed by atoms with Gasteiger partial charge in [0.2, 0.25) is 0 Å². The van der Waals surface area contributed by atoms with Gasteiger partial charge in [0.1, 0.15) is 5.82 Å². The molecule has 0 saturated heterocycles. The Labute approximate surface area is 120 Å². The molecule has 2 bridgehead atoms. The van der Waals surface area contributed by atoms with Crippen LogP contribution in [0.5, 0.6) is 0 Å². The van der Waals surface area contributed by atoms with E-state index >= 15 is 0 Å². The third-order valence-corrected chi connectivity index (χ3v) is 6.26. The first-order chi connectivity index (χ1) is 9.34. The van der Waals surface area contributed by atoms with Crippen molar-refractivity contribution in [3.8, 4) is 0 Å². The number of ether oxygens (including phenoxy) is 1. The molecule has 0 aliphatic heterocycles. The van der Waals surface area contributed by atoms with Gasteiger partial charge in [0.25, 0.3) is 0 Å². The molecule has 0 heterocycles. The first kappa shape index (κ1) is 13.9. The zero-order valence-electron chi connectivity index (χ0n) is 12.6. The van der Waals surface area contributed by atoms with E-state index in [0.717, 1.165) is 17.9 Å². The minimum absolute atomic E-state index is 0.236. The van der Waals surface area contributed by atoms with E-state index in [1.54, 1.807) is 6.07 Å². The van der Waals surface area contributed by atoms with Gasteiger partial charge in [-0.25, -0.2) is 4.39 Å².